The van der Waals surface area contributed by atoms with E-state index in [1.807, 2.05) is 0 Å². The van der Waals surface area contributed by atoms with Crippen molar-refractivity contribution in [3.05, 3.63) is 53.9 Å². The van der Waals surface area contributed by atoms with Gasteiger partial charge in [0.1, 0.15) is 5.75 Å². The highest BCUT2D eigenvalue weighted by molar-refractivity contribution is 5.78. The topological polar surface area (TPSA) is 77.2 Å². The number of hydrogen-bond donors (Lipinski definition) is 2. The van der Waals surface area contributed by atoms with Crippen LogP contribution >= 0.6 is 0 Å². The number of benzene rings is 1. The number of hydrogen-bond acceptors (Lipinski definition) is 4. The second-order valence-electron chi connectivity index (χ2n) is 5.08. The molecule has 0 atom stereocenters. The fourth-order valence-electron chi connectivity index (χ4n) is 1.84. The minimum absolute atomic E-state index is 0.118. The minimum Gasteiger partial charge on any atom is -0.484 e. The third kappa shape index (κ3) is 6.15. The van der Waals surface area contributed by atoms with Gasteiger partial charge in [0.05, 0.1) is 18.3 Å². The van der Waals surface area contributed by atoms with E-state index in [1.54, 1.807) is 24.3 Å². The van der Waals surface area contributed by atoms with Crippen molar-refractivity contribution in [2.75, 3.05) is 12.3 Å². The molecule has 3 N–H and O–H groups in total. The summed E-state index contributed by atoms with van der Waals surface area (Å²) in [5, 5.41) is 2.71. The molecule has 1 aromatic heterocycles. The number of aromatic nitrogens is 1. The van der Waals surface area contributed by atoms with Gasteiger partial charge in [-0.15, -0.1) is 0 Å². The summed E-state index contributed by atoms with van der Waals surface area (Å²) in [5.41, 5.74) is 7.37. The van der Waals surface area contributed by atoms with Crippen molar-refractivity contribution in [2.45, 2.75) is 19.1 Å². The van der Waals surface area contributed by atoms with E-state index >= 15 is 0 Å². The number of nitrogens with one attached hydrogen (secondary N) is 1. The summed E-state index contributed by atoms with van der Waals surface area (Å²) >= 11 is 0. The zero-order valence-corrected chi connectivity index (χ0v) is 12.6. The first kappa shape index (κ1) is 17.6. The maximum atomic E-state index is 12.0. The van der Waals surface area contributed by atoms with E-state index in [0.717, 1.165) is 5.56 Å². The number of rotatable bonds is 6. The first-order valence-electron chi connectivity index (χ1n) is 7.07. The van der Waals surface area contributed by atoms with Gasteiger partial charge in [-0.25, -0.2) is 0 Å². The number of ether oxygens (including phenoxy) is 1. The quantitative estimate of drug-likeness (QED) is 0.848. The largest absolute Gasteiger partial charge is 0.484 e. The Morgan fingerprint density at radius 2 is 1.88 bits per heavy atom. The molecule has 128 valence electrons. The normalized spacial score (nSPS) is 11.1. The van der Waals surface area contributed by atoms with Crippen molar-refractivity contribution >= 4 is 11.6 Å². The first-order valence-corrected chi connectivity index (χ1v) is 7.07. The van der Waals surface area contributed by atoms with Gasteiger partial charge in [-0.2, -0.15) is 13.2 Å². The zero-order chi connectivity index (χ0) is 17.6. The van der Waals surface area contributed by atoms with E-state index in [-0.39, 0.29) is 24.6 Å². The SMILES string of the molecule is Nc1ccc(CC(=O)NCc2ccc(OCC(F)(F)F)cc2)nc1. The van der Waals surface area contributed by atoms with Gasteiger partial charge >= 0.3 is 6.18 Å². The Morgan fingerprint density at radius 1 is 1.17 bits per heavy atom. The highest BCUT2D eigenvalue weighted by Crippen LogP contribution is 2.18. The predicted molar refractivity (Wildman–Crippen MR) is 82.2 cm³/mol. The molecule has 0 radical (unpaired) electrons. The number of amides is 1. The maximum absolute atomic E-state index is 12.0. The number of anilines is 1. The van der Waals surface area contributed by atoms with Crippen LogP contribution in [0.3, 0.4) is 0 Å². The molecular formula is C16H16F3N3O2. The summed E-state index contributed by atoms with van der Waals surface area (Å²) in [7, 11) is 0. The Balaban J connectivity index is 1.79. The van der Waals surface area contributed by atoms with Gasteiger partial charge in [-0.3, -0.25) is 9.78 Å². The number of pyridine rings is 1. The van der Waals surface area contributed by atoms with Crippen LogP contribution < -0.4 is 15.8 Å². The van der Waals surface area contributed by atoms with E-state index < -0.39 is 12.8 Å². The summed E-state index contributed by atoms with van der Waals surface area (Å²) in [6, 6.07) is 9.36. The Bertz CT molecular complexity index is 670. The van der Waals surface area contributed by atoms with Crippen LogP contribution in [0.4, 0.5) is 18.9 Å². The van der Waals surface area contributed by atoms with Crippen LogP contribution in [0.25, 0.3) is 0 Å². The predicted octanol–water partition coefficient (Wildman–Crippen LogP) is 2.46. The second kappa shape index (κ2) is 7.67. The van der Waals surface area contributed by atoms with Crippen molar-refractivity contribution in [3.63, 3.8) is 0 Å². The van der Waals surface area contributed by atoms with Crippen molar-refractivity contribution in [2.24, 2.45) is 0 Å². The van der Waals surface area contributed by atoms with Crippen LogP contribution in [-0.2, 0) is 17.8 Å². The van der Waals surface area contributed by atoms with E-state index in [4.69, 9.17) is 5.73 Å². The molecule has 8 heteroatoms. The fraction of sp³-hybridized carbons (Fsp3) is 0.250. The molecular weight excluding hydrogens is 323 g/mol. The lowest BCUT2D eigenvalue weighted by Gasteiger charge is -2.10. The smallest absolute Gasteiger partial charge is 0.422 e. The Kier molecular flexibility index (Phi) is 5.62. The number of nitrogen functional groups attached to an aromatic ring is 1. The van der Waals surface area contributed by atoms with Crippen LogP contribution in [0.2, 0.25) is 0 Å². The fourth-order valence-corrected chi connectivity index (χ4v) is 1.84. The highest BCUT2D eigenvalue weighted by Gasteiger charge is 2.28. The molecule has 0 aliphatic heterocycles. The molecule has 0 spiro atoms. The number of halogens is 3. The number of alkyl halides is 3. The molecule has 1 amide bonds. The molecule has 0 aliphatic carbocycles. The van der Waals surface area contributed by atoms with Crippen molar-refractivity contribution in [1.82, 2.24) is 10.3 Å². The second-order valence-corrected chi connectivity index (χ2v) is 5.08. The maximum Gasteiger partial charge on any atom is 0.422 e. The van der Waals surface area contributed by atoms with Crippen LogP contribution in [0, 0.1) is 0 Å². The lowest BCUT2D eigenvalue weighted by atomic mass is 10.2. The van der Waals surface area contributed by atoms with Gasteiger partial charge in [0.25, 0.3) is 0 Å². The average molecular weight is 339 g/mol. The Labute approximate surface area is 136 Å². The molecule has 0 bridgehead atoms. The van der Waals surface area contributed by atoms with Crippen molar-refractivity contribution in [3.8, 4) is 5.75 Å². The molecule has 1 heterocycles. The molecule has 0 saturated carbocycles. The molecule has 5 nitrogen and oxygen atoms in total. The number of carbonyl (C=O) groups is 1. The monoisotopic (exact) mass is 339 g/mol. The summed E-state index contributed by atoms with van der Waals surface area (Å²) in [5.74, 6) is -0.0989. The van der Waals surface area contributed by atoms with Crippen LogP contribution in [-0.4, -0.2) is 23.7 Å². The number of carbonyl (C=O) groups excluding carboxylic acids is 1. The van der Waals surface area contributed by atoms with E-state index in [0.29, 0.717) is 11.4 Å². The summed E-state index contributed by atoms with van der Waals surface area (Å²) in [4.78, 5) is 15.8. The van der Waals surface area contributed by atoms with Gasteiger partial charge < -0.3 is 15.8 Å². The van der Waals surface area contributed by atoms with E-state index in [2.05, 4.69) is 15.0 Å². The molecule has 0 aliphatic rings. The van der Waals surface area contributed by atoms with Crippen molar-refractivity contribution < 1.29 is 22.7 Å². The summed E-state index contributed by atoms with van der Waals surface area (Å²) in [6.07, 6.45) is -2.78. The first-order chi connectivity index (χ1) is 11.3. The van der Waals surface area contributed by atoms with Crippen molar-refractivity contribution in [1.29, 1.82) is 0 Å². The Hall–Kier alpha value is -2.77. The van der Waals surface area contributed by atoms with Crippen LogP contribution in [0.5, 0.6) is 5.75 Å². The minimum atomic E-state index is -4.37. The highest BCUT2D eigenvalue weighted by atomic mass is 19.4. The third-order valence-corrected chi connectivity index (χ3v) is 3.00. The lowest BCUT2D eigenvalue weighted by Crippen LogP contribution is -2.24. The molecule has 0 fully saturated rings. The van der Waals surface area contributed by atoms with Gasteiger partial charge in [-0.1, -0.05) is 12.1 Å². The molecule has 2 rings (SSSR count). The lowest BCUT2D eigenvalue weighted by molar-refractivity contribution is -0.153. The Morgan fingerprint density at radius 3 is 2.46 bits per heavy atom. The molecule has 0 saturated heterocycles. The third-order valence-electron chi connectivity index (χ3n) is 3.00. The molecule has 24 heavy (non-hydrogen) atoms. The van der Waals surface area contributed by atoms with Crippen LogP contribution in [0.1, 0.15) is 11.3 Å². The standard InChI is InChI=1S/C16H16F3N3O2/c17-16(18,19)10-24-14-5-1-11(2-6-14)8-22-15(23)7-13-4-3-12(20)9-21-13/h1-6,9H,7-8,10,20H2,(H,22,23). The van der Waals surface area contributed by atoms with Gasteiger partial charge in [0.2, 0.25) is 5.91 Å². The summed E-state index contributed by atoms with van der Waals surface area (Å²) in [6.45, 7) is -1.08. The molecule has 0 unspecified atom stereocenters. The zero-order valence-electron chi connectivity index (χ0n) is 12.6. The molecule has 2 aromatic rings. The van der Waals surface area contributed by atoms with E-state index in [1.165, 1.54) is 18.3 Å². The van der Waals surface area contributed by atoms with E-state index in [9.17, 15) is 18.0 Å². The molecule has 1 aromatic carbocycles. The average Bonchev–Trinajstić information content (AvgIpc) is 2.53. The van der Waals surface area contributed by atoms with Gasteiger partial charge in [0.15, 0.2) is 6.61 Å². The van der Waals surface area contributed by atoms with Gasteiger partial charge in [0, 0.05) is 12.2 Å². The van der Waals surface area contributed by atoms with Gasteiger partial charge in [-0.05, 0) is 29.8 Å². The van der Waals surface area contributed by atoms with Crippen LogP contribution in [0.15, 0.2) is 42.6 Å². The number of nitrogens with zero attached hydrogens (tertiary/aromatic N) is 1. The summed E-state index contributed by atoms with van der Waals surface area (Å²) < 4.78 is 40.7. The number of nitrogens with two attached hydrogens (primary N) is 1.